The molecule has 4 heteroatoms. The first-order valence-electron chi connectivity index (χ1n) is 0.200. The first-order valence-corrected chi connectivity index (χ1v) is 0.200. The minimum absolute atomic E-state index is 0. The van der Waals surface area contributed by atoms with Crippen LogP contribution in [0, 0.1) is 0 Å². The molecule has 0 aromatic carbocycles. The van der Waals surface area contributed by atoms with Gasteiger partial charge in [-0.2, -0.15) is 0 Å². The molecule has 0 atom stereocenters. The molecule has 0 spiro atoms. The monoisotopic (exact) mass is 182 g/mol. The molecule has 0 aromatic rings. The van der Waals surface area contributed by atoms with Crippen LogP contribution in [0.2, 0.25) is 0 Å². The number of hydrogen-bond acceptors (Lipinski definition) is 2. The molecule has 0 aromatic heterocycles. The van der Waals surface area contributed by atoms with E-state index in [4.69, 9.17) is 10.5 Å². The third-order valence-corrected chi connectivity index (χ3v) is 0. The van der Waals surface area contributed by atoms with Crippen LogP contribution in [0.4, 0.5) is 0 Å². The second-order valence-electron chi connectivity index (χ2n) is 0. The second-order valence-corrected chi connectivity index (χ2v) is 0. The van der Waals surface area contributed by atoms with E-state index in [1.807, 2.05) is 0 Å². The summed E-state index contributed by atoms with van der Waals surface area (Å²) < 4.78 is 0. The van der Waals surface area contributed by atoms with Gasteiger partial charge < -0.3 is 0 Å². The van der Waals surface area contributed by atoms with Crippen LogP contribution in [0.3, 0.4) is 0 Å². The fourth-order valence-electron chi connectivity index (χ4n) is 0. The van der Waals surface area contributed by atoms with Crippen molar-refractivity contribution in [2.75, 3.05) is 0 Å². The van der Waals surface area contributed by atoms with Crippen LogP contribution in [0.25, 0.3) is 0 Å². The molecule has 2 N–H and O–H groups in total. The fourth-order valence-corrected chi connectivity index (χ4v) is 0. The van der Waals surface area contributed by atoms with Gasteiger partial charge in [-0.15, -0.1) is 0 Å². The van der Waals surface area contributed by atoms with Crippen molar-refractivity contribution in [2.24, 2.45) is 0 Å². The van der Waals surface area contributed by atoms with E-state index in [9.17, 15) is 0 Å². The Hall–Kier alpha value is 2.09. The van der Waals surface area contributed by atoms with Gasteiger partial charge in [0.2, 0.25) is 0 Å². The van der Waals surface area contributed by atoms with Crippen molar-refractivity contribution in [1.82, 2.24) is 0 Å². The van der Waals surface area contributed by atoms with Crippen LogP contribution >= 0.6 is 0 Å². The Morgan fingerprint density at radius 1 is 1.00 bits per heavy atom. The van der Waals surface area contributed by atoms with E-state index in [0.717, 1.165) is 0 Å². The Bertz CT molecular complexity index is 6.00. The van der Waals surface area contributed by atoms with Crippen LogP contribution in [-0.2, 0) is 0 Å². The maximum atomic E-state index is 6.00. The van der Waals surface area contributed by atoms with Crippen molar-refractivity contribution in [3.8, 4) is 0 Å². The first-order chi connectivity index (χ1) is 1.00. The zero-order valence-electron chi connectivity index (χ0n) is 0.894. The van der Waals surface area contributed by atoms with Gasteiger partial charge in [0, 0.05) is 0 Å². The van der Waals surface area contributed by atoms with Gasteiger partial charge in [0.05, 0.1) is 0 Å². The zero-order chi connectivity index (χ0) is 2.00. The molecule has 0 heterocycles. The second kappa shape index (κ2) is 19.5. The van der Waals surface area contributed by atoms with Crippen molar-refractivity contribution >= 4 is 67.7 Å². The molecule has 0 aliphatic carbocycles. The van der Waals surface area contributed by atoms with Gasteiger partial charge in [-0.05, 0) is 0 Å². The van der Waals surface area contributed by atoms with E-state index in [-0.39, 0.29) is 67.7 Å². The van der Waals surface area contributed by atoms with E-state index in [2.05, 4.69) is 0 Å². The van der Waals surface area contributed by atoms with Crippen molar-refractivity contribution in [2.45, 2.75) is 0 Å². The Morgan fingerprint density at radius 3 is 1.00 bits per heavy atom. The van der Waals surface area contributed by atoms with Crippen LogP contribution in [-0.4, -0.2) is 78.3 Å². The molecule has 0 aliphatic heterocycles. The summed E-state index contributed by atoms with van der Waals surface area (Å²) in [6.45, 7) is 0. The quantitative estimate of drug-likeness (QED) is 0.270. The molecule has 0 saturated carbocycles. The normalized spacial score (nSPS) is 1.50. The molecular weight excluding hydrogens is 176 g/mol. The van der Waals surface area contributed by atoms with Crippen molar-refractivity contribution in [3.63, 3.8) is 0 Å². The standard InChI is InChI=1S/Ba.Li.H2O2.3H/c;;1-2;;;/h;;1-2H;;;. The molecule has 0 amide bonds. The summed E-state index contributed by atoms with van der Waals surface area (Å²) >= 11 is 0. The molecule has 20 valence electrons. The molecule has 0 rings (SSSR count). The van der Waals surface area contributed by atoms with Crippen LogP contribution in [0.1, 0.15) is 0 Å². The molecule has 4 heavy (non-hydrogen) atoms. The summed E-state index contributed by atoms with van der Waals surface area (Å²) in [6.07, 6.45) is 0. The van der Waals surface area contributed by atoms with Crippen LogP contribution in [0.15, 0.2) is 0 Å². The minimum atomic E-state index is 0. The Labute approximate surface area is 76.8 Å². The Morgan fingerprint density at radius 2 is 1.00 bits per heavy atom. The Kier molecular flexibility index (Phi) is 80.6. The molecule has 0 aliphatic rings. The summed E-state index contributed by atoms with van der Waals surface area (Å²) in [6, 6.07) is 0. The van der Waals surface area contributed by atoms with Crippen molar-refractivity contribution in [3.05, 3.63) is 0 Å². The molecule has 0 bridgehead atoms. The van der Waals surface area contributed by atoms with E-state index < -0.39 is 0 Å². The third-order valence-electron chi connectivity index (χ3n) is 0. The summed E-state index contributed by atoms with van der Waals surface area (Å²) in [5.41, 5.74) is 0. The average molecular weight is 181 g/mol. The maximum absolute atomic E-state index is 6.00. The summed E-state index contributed by atoms with van der Waals surface area (Å²) in [5.74, 6) is 0. The number of hydrogen-bond donors (Lipinski definition) is 2. The summed E-state index contributed by atoms with van der Waals surface area (Å²) in [5, 5.41) is 12.0. The van der Waals surface area contributed by atoms with Crippen molar-refractivity contribution in [1.29, 1.82) is 0 Å². The van der Waals surface area contributed by atoms with Gasteiger partial charge in [-0.1, -0.05) is 0 Å². The SMILES string of the molecule is OO.[BaH2].[LiH]. The van der Waals surface area contributed by atoms with Gasteiger partial charge in [-0.25, -0.2) is 0 Å². The predicted octanol–water partition coefficient (Wildman–Crippen LogP) is -1.55. The molecule has 2 nitrogen and oxygen atoms in total. The van der Waals surface area contributed by atoms with Gasteiger partial charge in [0.15, 0.2) is 0 Å². The van der Waals surface area contributed by atoms with Crippen LogP contribution in [0.5, 0.6) is 0 Å². The molecule has 0 radical (unpaired) electrons. The van der Waals surface area contributed by atoms with E-state index in [0.29, 0.717) is 0 Å². The molecule has 0 fully saturated rings. The zero-order valence-corrected chi connectivity index (χ0v) is 0.894. The molecule has 0 unspecified atom stereocenters. The van der Waals surface area contributed by atoms with Gasteiger partial charge in [-0.3, -0.25) is 10.5 Å². The van der Waals surface area contributed by atoms with E-state index >= 15 is 0 Å². The topological polar surface area (TPSA) is 40.5 Å². The van der Waals surface area contributed by atoms with Gasteiger partial charge >= 0.3 is 67.7 Å². The summed E-state index contributed by atoms with van der Waals surface area (Å²) in [4.78, 5) is 0. The van der Waals surface area contributed by atoms with E-state index in [1.54, 1.807) is 0 Å². The van der Waals surface area contributed by atoms with Gasteiger partial charge in [0.1, 0.15) is 0 Å². The predicted molar refractivity (Wildman–Crippen MR) is 21.0 cm³/mol. The summed E-state index contributed by atoms with van der Waals surface area (Å²) in [7, 11) is 0. The molecular formula is H5BaLiO2. The number of rotatable bonds is 0. The van der Waals surface area contributed by atoms with Crippen LogP contribution < -0.4 is 0 Å². The van der Waals surface area contributed by atoms with Crippen molar-refractivity contribution < 1.29 is 10.5 Å². The van der Waals surface area contributed by atoms with E-state index in [1.165, 1.54) is 0 Å². The average Bonchev–Trinajstić information content (AvgIpc) is 1.00. The third kappa shape index (κ3) is 8.94. The molecule has 0 saturated heterocycles. The fraction of sp³-hybridized carbons (Fsp3) is 0. The Balaban J connectivity index is -0.00000000500. The first kappa shape index (κ1) is 16.5. The van der Waals surface area contributed by atoms with Gasteiger partial charge in [0.25, 0.3) is 0 Å².